The second-order valence-electron chi connectivity index (χ2n) is 7.06. The van der Waals surface area contributed by atoms with Crippen molar-refractivity contribution < 1.29 is 4.79 Å². The van der Waals surface area contributed by atoms with E-state index in [0.29, 0.717) is 11.5 Å². The number of hydrogen-bond donors (Lipinski definition) is 3. The molecule has 136 valence electrons. The molecule has 1 amide bonds. The van der Waals surface area contributed by atoms with Crippen LogP contribution in [0, 0.1) is 12.8 Å². The first-order chi connectivity index (χ1) is 12.5. The van der Waals surface area contributed by atoms with E-state index in [0.717, 1.165) is 36.8 Å². The number of nitrogens with zero attached hydrogens (tertiary/aromatic N) is 1. The van der Waals surface area contributed by atoms with Crippen molar-refractivity contribution in [1.29, 1.82) is 0 Å². The average molecular weight is 350 g/mol. The third kappa shape index (κ3) is 4.63. The third-order valence-corrected chi connectivity index (χ3v) is 4.29. The van der Waals surface area contributed by atoms with Gasteiger partial charge in [-0.25, -0.2) is 0 Å². The van der Waals surface area contributed by atoms with E-state index in [1.807, 2.05) is 36.4 Å². The van der Waals surface area contributed by atoms with Gasteiger partial charge in [0.2, 0.25) is 0 Å². The summed E-state index contributed by atoms with van der Waals surface area (Å²) in [5.74, 6) is 1.24. The van der Waals surface area contributed by atoms with Gasteiger partial charge in [0.25, 0.3) is 5.91 Å². The van der Waals surface area contributed by atoms with Gasteiger partial charge in [-0.1, -0.05) is 26.0 Å². The standard InChI is InChI=1S/C21H26N4O/c1-14(2)11-16-7-8-19(12-15(16)3)24-20(26)17-5-4-6-18(13-17)25-21-22-9-10-23-21/h4-8,12-14H,9-11H2,1-3H3,(H,24,26)(H2,22,23,25). The number of nitrogens with one attached hydrogen (secondary N) is 3. The minimum absolute atomic E-state index is 0.119. The smallest absolute Gasteiger partial charge is 0.255 e. The van der Waals surface area contributed by atoms with Crippen molar-refractivity contribution in [2.45, 2.75) is 27.2 Å². The highest BCUT2D eigenvalue weighted by molar-refractivity contribution is 6.05. The monoisotopic (exact) mass is 350 g/mol. The zero-order chi connectivity index (χ0) is 18.5. The normalized spacial score (nSPS) is 13.3. The van der Waals surface area contributed by atoms with E-state index in [9.17, 15) is 4.79 Å². The molecule has 1 aliphatic heterocycles. The summed E-state index contributed by atoms with van der Waals surface area (Å²) < 4.78 is 0. The van der Waals surface area contributed by atoms with Gasteiger partial charge in [0.1, 0.15) is 0 Å². The van der Waals surface area contributed by atoms with Gasteiger partial charge in [-0.05, 0) is 60.7 Å². The number of aryl methyl sites for hydroxylation is 1. The van der Waals surface area contributed by atoms with Gasteiger partial charge in [-0.15, -0.1) is 0 Å². The molecule has 2 aromatic carbocycles. The highest BCUT2D eigenvalue weighted by Gasteiger charge is 2.10. The summed E-state index contributed by atoms with van der Waals surface area (Å²) in [6, 6.07) is 13.5. The molecule has 2 aromatic rings. The van der Waals surface area contributed by atoms with Crippen LogP contribution in [0.3, 0.4) is 0 Å². The van der Waals surface area contributed by atoms with Crippen LogP contribution >= 0.6 is 0 Å². The van der Waals surface area contributed by atoms with Gasteiger partial charge in [-0.3, -0.25) is 9.79 Å². The molecule has 0 unspecified atom stereocenters. The summed E-state index contributed by atoms with van der Waals surface area (Å²) in [5.41, 5.74) is 4.80. The van der Waals surface area contributed by atoms with Crippen LogP contribution in [0.25, 0.3) is 0 Å². The summed E-state index contributed by atoms with van der Waals surface area (Å²) in [6.45, 7) is 8.13. The Morgan fingerprint density at radius 3 is 2.73 bits per heavy atom. The molecule has 0 fully saturated rings. The number of carbonyl (C=O) groups excluding carboxylic acids is 1. The largest absolute Gasteiger partial charge is 0.354 e. The Kier molecular flexibility index (Phi) is 5.56. The highest BCUT2D eigenvalue weighted by Crippen LogP contribution is 2.19. The Labute approximate surface area is 154 Å². The zero-order valence-electron chi connectivity index (χ0n) is 15.6. The van der Waals surface area contributed by atoms with Crippen molar-refractivity contribution >= 4 is 23.2 Å². The lowest BCUT2D eigenvalue weighted by Gasteiger charge is -2.12. The van der Waals surface area contributed by atoms with E-state index in [1.165, 1.54) is 11.1 Å². The van der Waals surface area contributed by atoms with Crippen LogP contribution in [-0.4, -0.2) is 25.0 Å². The van der Waals surface area contributed by atoms with Crippen LogP contribution in [0.15, 0.2) is 47.5 Å². The van der Waals surface area contributed by atoms with Crippen LogP contribution in [0.2, 0.25) is 0 Å². The lowest BCUT2D eigenvalue weighted by molar-refractivity contribution is 0.102. The van der Waals surface area contributed by atoms with E-state index >= 15 is 0 Å². The van der Waals surface area contributed by atoms with Crippen LogP contribution in [0.1, 0.15) is 35.3 Å². The summed E-state index contributed by atoms with van der Waals surface area (Å²) in [7, 11) is 0. The first-order valence-corrected chi connectivity index (χ1v) is 9.07. The van der Waals surface area contributed by atoms with Crippen molar-refractivity contribution in [2.24, 2.45) is 10.9 Å². The van der Waals surface area contributed by atoms with Crippen LogP contribution in [-0.2, 0) is 6.42 Å². The number of aliphatic imine (C=N–C) groups is 1. The molecule has 26 heavy (non-hydrogen) atoms. The van der Waals surface area contributed by atoms with Gasteiger partial charge in [0.15, 0.2) is 5.96 Å². The predicted octanol–water partition coefficient (Wildman–Crippen LogP) is 3.82. The van der Waals surface area contributed by atoms with Gasteiger partial charge in [0.05, 0.1) is 6.54 Å². The average Bonchev–Trinajstić information content (AvgIpc) is 3.10. The second-order valence-corrected chi connectivity index (χ2v) is 7.06. The summed E-state index contributed by atoms with van der Waals surface area (Å²) in [6.07, 6.45) is 1.05. The molecule has 0 aliphatic carbocycles. The van der Waals surface area contributed by atoms with Gasteiger partial charge < -0.3 is 16.0 Å². The van der Waals surface area contributed by atoms with Crippen LogP contribution < -0.4 is 16.0 Å². The predicted molar refractivity (Wildman–Crippen MR) is 108 cm³/mol. The first kappa shape index (κ1) is 18.0. The molecule has 3 rings (SSSR count). The van der Waals surface area contributed by atoms with E-state index in [1.54, 1.807) is 0 Å². The molecular formula is C21H26N4O. The number of anilines is 2. The Bertz CT molecular complexity index is 827. The number of benzene rings is 2. The molecule has 0 bridgehead atoms. The maximum absolute atomic E-state index is 12.6. The minimum Gasteiger partial charge on any atom is -0.354 e. The second kappa shape index (κ2) is 8.04. The maximum Gasteiger partial charge on any atom is 0.255 e. The van der Waals surface area contributed by atoms with Crippen molar-refractivity contribution in [3.05, 3.63) is 59.2 Å². The number of hydrogen-bond acceptors (Lipinski definition) is 4. The summed E-state index contributed by atoms with van der Waals surface area (Å²) in [4.78, 5) is 16.9. The third-order valence-electron chi connectivity index (χ3n) is 4.29. The summed E-state index contributed by atoms with van der Waals surface area (Å²) >= 11 is 0. The van der Waals surface area contributed by atoms with Crippen LogP contribution in [0.4, 0.5) is 11.4 Å². The first-order valence-electron chi connectivity index (χ1n) is 9.07. The fraction of sp³-hybridized carbons (Fsp3) is 0.333. The fourth-order valence-electron chi connectivity index (χ4n) is 3.00. The molecular weight excluding hydrogens is 324 g/mol. The van der Waals surface area contributed by atoms with Crippen LogP contribution in [0.5, 0.6) is 0 Å². The zero-order valence-corrected chi connectivity index (χ0v) is 15.6. The van der Waals surface area contributed by atoms with E-state index < -0.39 is 0 Å². The topological polar surface area (TPSA) is 65.5 Å². The van der Waals surface area contributed by atoms with Gasteiger partial charge in [-0.2, -0.15) is 0 Å². The highest BCUT2D eigenvalue weighted by atomic mass is 16.1. The van der Waals surface area contributed by atoms with Crippen molar-refractivity contribution in [3.63, 3.8) is 0 Å². The molecule has 3 N–H and O–H groups in total. The van der Waals surface area contributed by atoms with Crippen molar-refractivity contribution in [1.82, 2.24) is 5.32 Å². The van der Waals surface area contributed by atoms with Gasteiger partial charge >= 0.3 is 0 Å². The fourth-order valence-corrected chi connectivity index (χ4v) is 3.00. The molecule has 5 nitrogen and oxygen atoms in total. The summed E-state index contributed by atoms with van der Waals surface area (Å²) in [5, 5.41) is 9.34. The molecule has 1 aliphatic rings. The number of rotatable bonds is 5. The Balaban J connectivity index is 1.68. The van der Waals surface area contributed by atoms with Crippen molar-refractivity contribution in [2.75, 3.05) is 23.7 Å². The quantitative estimate of drug-likeness (QED) is 0.768. The molecule has 0 spiro atoms. The molecule has 0 aromatic heterocycles. The Morgan fingerprint density at radius 1 is 1.19 bits per heavy atom. The Hall–Kier alpha value is -2.82. The van der Waals surface area contributed by atoms with E-state index in [2.05, 4.69) is 47.8 Å². The lowest BCUT2D eigenvalue weighted by atomic mass is 9.98. The molecule has 0 saturated carbocycles. The minimum atomic E-state index is -0.119. The number of carbonyl (C=O) groups is 1. The lowest BCUT2D eigenvalue weighted by Crippen LogP contribution is -2.26. The maximum atomic E-state index is 12.6. The molecule has 1 heterocycles. The number of guanidine groups is 1. The van der Waals surface area contributed by atoms with E-state index in [4.69, 9.17) is 0 Å². The molecule has 0 atom stereocenters. The van der Waals surface area contributed by atoms with E-state index in [-0.39, 0.29) is 5.91 Å². The molecule has 0 radical (unpaired) electrons. The molecule has 5 heteroatoms. The SMILES string of the molecule is Cc1cc(NC(=O)c2cccc(NC3=NCCN3)c2)ccc1CC(C)C. The number of amides is 1. The molecule has 0 saturated heterocycles. The Morgan fingerprint density at radius 2 is 2.04 bits per heavy atom. The van der Waals surface area contributed by atoms with Gasteiger partial charge in [0, 0.05) is 23.5 Å². The van der Waals surface area contributed by atoms with Crippen molar-refractivity contribution in [3.8, 4) is 0 Å².